The second kappa shape index (κ2) is 17.4. The van der Waals surface area contributed by atoms with Crippen molar-refractivity contribution < 1.29 is 52.8 Å². The zero-order valence-electron chi connectivity index (χ0n) is 41.3. The number of aromatic amines is 1. The van der Waals surface area contributed by atoms with Gasteiger partial charge in [0.05, 0.1) is 40.1 Å². The number of aromatic nitrogens is 1. The van der Waals surface area contributed by atoms with Crippen molar-refractivity contribution in [1.29, 1.82) is 0 Å². The minimum absolute atomic E-state index is 0.0912. The summed E-state index contributed by atoms with van der Waals surface area (Å²) in [5.74, 6) is -3.29. The van der Waals surface area contributed by atoms with Gasteiger partial charge in [0, 0.05) is 96.9 Å². The summed E-state index contributed by atoms with van der Waals surface area (Å²) in [4.78, 5) is 82.2. The molecule has 0 radical (unpaired) electrons. The maximum absolute atomic E-state index is 15.8. The van der Waals surface area contributed by atoms with Gasteiger partial charge in [0.15, 0.2) is 6.10 Å². The van der Waals surface area contributed by atoms with E-state index in [9.17, 15) is 24.3 Å². The molecule has 1 amide bonds. The number of carbonyl (C=O) groups excluding carboxylic acids is 5. The smallest absolute Gasteiger partial charge is 0.344 e. The highest BCUT2D eigenvalue weighted by molar-refractivity contribution is 6.04. The van der Waals surface area contributed by atoms with Crippen LogP contribution in [0.3, 0.4) is 0 Å². The van der Waals surface area contributed by atoms with Crippen LogP contribution in [0.15, 0.2) is 71.5 Å². The minimum atomic E-state index is -2.38. The van der Waals surface area contributed by atoms with Gasteiger partial charge in [0.1, 0.15) is 16.9 Å². The number of anilines is 1. The van der Waals surface area contributed by atoms with Crippen LogP contribution in [0.4, 0.5) is 5.69 Å². The molecule has 5 aliphatic heterocycles. The van der Waals surface area contributed by atoms with Crippen LogP contribution < -0.4 is 15.0 Å². The molecule has 1 saturated heterocycles. The van der Waals surface area contributed by atoms with Crippen molar-refractivity contribution in [3.05, 3.63) is 93.9 Å². The van der Waals surface area contributed by atoms with Crippen molar-refractivity contribution in [2.24, 2.45) is 11.3 Å². The minimum Gasteiger partial charge on any atom is -0.496 e. The van der Waals surface area contributed by atoms with Crippen molar-refractivity contribution in [2.45, 2.75) is 107 Å². The number of nitrogens with one attached hydrogen (secondary N) is 2. The van der Waals surface area contributed by atoms with E-state index in [-0.39, 0.29) is 36.7 Å². The maximum atomic E-state index is 15.8. The Bertz CT molecular complexity index is 2740. The van der Waals surface area contributed by atoms with Crippen LogP contribution in [0.1, 0.15) is 82.7 Å². The average Bonchev–Trinajstić information content (AvgIpc) is 3.99. The van der Waals surface area contributed by atoms with Crippen LogP contribution in [0.5, 0.6) is 5.75 Å². The summed E-state index contributed by atoms with van der Waals surface area (Å²) in [6.07, 6.45) is 6.49. The third-order valence-electron chi connectivity index (χ3n) is 16.3. The normalized spacial score (nSPS) is 31.2. The lowest BCUT2D eigenvalue weighted by Crippen LogP contribution is -2.81. The molecule has 69 heavy (non-hydrogen) atoms. The standard InChI is InChI=1S/C53H65N5O11/c1-11-31-22-32-26-52(48(62)67-9,42-34(33-16-13-14-17-38(33)55-42)23-35(44(61)66-8)41(58(27-31)28-32)43(60)54-29(3)4)37-24-36-39(25-40(37)65-7)56(6)46-51(36)19-21-57-20-15-18-50(12-2,45(51)57)47(69-30(5)59)53(46,64)49(63)68-10/h13-18,22,24-25,29,32,45-47,55,64H,11-12,19-21,23,26-28H2,1-10H3,(H,54,60)/b41-35+/t32-,45+,46-,47-,50-,51-,52+,53+/m1/s1. The lowest BCUT2D eigenvalue weighted by Gasteiger charge is -2.63. The van der Waals surface area contributed by atoms with Crippen molar-refractivity contribution in [3.63, 3.8) is 0 Å². The molecule has 2 aromatic carbocycles. The van der Waals surface area contributed by atoms with E-state index in [1.54, 1.807) is 7.11 Å². The van der Waals surface area contributed by atoms with Crippen LogP contribution >= 0.6 is 0 Å². The van der Waals surface area contributed by atoms with E-state index in [1.807, 2.05) is 93.1 Å². The predicted octanol–water partition coefficient (Wildman–Crippen LogP) is 4.75. The van der Waals surface area contributed by atoms with E-state index in [4.69, 9.17) is 23.7 Å². The Morgan fingerprint density at radius 3 is 2.36 bits per heavy atom. The molecule has 1 aromatic heterocycles. The number of amides is 1. The SMILES string of the molecule is CCC1=C[C@H]2CN(C1)/C(C(=O)NC(C)C)=C(/C(=O)OC)Cc1c([nH]c3ccccc13)[C@@](C(=O)OC)(c1cc3c(cc1OC)N(C)[C@H]1[C@@](O)(C(=O)OC)[C@H](OC(C)=O)[C@]4(CC)C=CCN5CC[C@]31[C@@H]54)C2. The molecule has 1 saturated carbocycles. The largest absolute Gasteiger partial charge is 0.496 e. The molecule has 2 bridgehead atoms. The molecule has 3 N–H and O–H groups in total. The summed E-state index contributed by atoms with van der Waals surface area (Å²) in [6.45, 7) is 10.9. The molecule has 6 aliphatic rings. The Kier molecular flexibility index (Phi) is 12.1. The van der Waals surface area contributed by atoms with Gasteiger partial charge in [-0.25, -0.2) is 9.59 Å². The number of carbonyl (C=O) groups is 5. The van der Waals surface area contributed by atoms with Crippen LogP contribution in [0, 0.1) is 11.3 Å². The number of fused-ring (bicyclic) bond motifs is 6. The molecular formula is C53H65N5O11. The molecule has 8 atom stereocenters. The maximum Gasteiger partial charge on any atom is 0.344 e. The van der Waals surface area contributed by atoms with Crippen molar-refractivity contribution >= 4 is 46.4 Å². The number of nitrogens with zero attached hydrogens (tertiary/aromatic N) is 3. The van der Waals surface area contributed by atoms with Gasteiger partial charge in [-0.2, -0.15) is 0 Å². The Balaban J connectivity index is 1.40. The summed E-state index contributed by atoms with van der Waals surface area (Å²) in [5.41, 5.74) is -1.08. The number of esters is 4. The Morgan fingerprint density at radius 2 is 1.71 bits per heavy atom. The number of likely N-dealkylation sites (N-methyl/N-ethyl adjacent to an activating group) is 1. The summed E-state index contributed by atoms with van der Waals surface area (Å²) < 4.78 is 29.7. The molecule has 3 aromatic rings. The molecule has 1 aliphatic carbocycles. The lowest BCUT2D eigenvalue weighted by atomic mass is 9.47. The van der Waals surface area contributed by atoms with E-state index < -0.39 is 75.7 Å². The zero-order chi connectivity index (χ0) is 49.5. The molecule has 368 valence electrons. The first-order valence-electron chi connectivity index (χ1n) is 24.1. The number of benzene rings is 2. The molecule has 6 heterocycles. The number of methoxy groups -OCH3 is 4. The van der Waals surface area contributed by atoms with Gasteiger partial charge in [0.2, 0.25) is 5.60 Å². The Hall–Kier alpha value is -6.13. The second-order valence-corrected chi connectivity index (χ2v) is 20.0. The van der Waals surface area contributed by atoms with Gasteiger partial charge in [-0.15, -0.1) is 0 Å². The summed E-state index contributed by atoms with van der Waals surface area (Å²) in [6, 6.07) is 9.89. The quantitative estimate of drug-likeness (QED) is 0.144. The van der Waals surface area contributed by atoms with E-state index in [0.29, 0.717) is 72.7 Å². The van der Waals surface area contributed by atoms with E-state index in [1.165, 1.54) is 28.3 Å². The fraction of sp³-hybridized carbons (Fsp3) is 0.528. The van der Waals surface area contributed by atoms with Gasteiger partial charge < -0.3 is 48.9 Å². The highest BCUT2D eigenvalue weighted by Crippen LogP contribution is 2.68. The molecule has 2 fully saturated rings. The second-order valence-electron chi connectivity index (χ2n) is 20.0. The number of ether oxygens (including phenoxy) is 5. The summed E-state index contributed by atoms with van der Waals surface area (Å²) >= 11 is 0. The number of H-pyrrole nitrogens is 1. The Morgan fingerprint density at radius 1 is 0.971 bits per heavy atom. The third kappa shape index (κ3) is 6.70. The number of aliphatic hydroxyl groups is 1. The highest BCUT2D eigenvalue weighted by atomic mass is 16.6. The number of hydrogen-bond donors (Lipinski definition) is 3. The molecule has 16 nitrogen and oxygen atoms in total. The van der Waals surface area contributed by atoms with Crippen LogP contribution in [0.2, 0.25) is 0 Å². The van der Waals surface area contributed by atoms with Crippen LogP contribution in [-0.2, 0) is 60.2 Å². The third-order valence-corrected chi connectivity index (χ3v) is 16.3. The fourth-order valence-corrected chi connectivity index (χ4v) is 14.0. The molecule has 0 unspecified atom stereocenters. The van der Waals surface area contributed by atoms with E-state index >= 15 is 4.79 Å². The van der Waals surface area contributed by atoms with Gasteiger partial charge in [-0.05, 0) is 75.3 Å². The van der Waals surface area contributed by atoms with Gasteiger partial charge in [-0.1, -0.05) is 55.8 Å². The van der Waals surface area contributed by atoms with E-state index in [2.05, 4.69) is 21.3 Å². The first-order chi connectivity index (χ1) is 33.0. The number of rotatable bonds is 10. The molecule has 1 spiro atoms. The zero-order valence-corrected chi connectivity index (χ0v) is 41.3. The predicted molar refractivity (Wildman–Crippen MR) is 256 cm³/mol. The van der Waals surface area contributed by atoms with Gasteiger partial charge >= 0.3 is 23.9 Å². The summed E-state index contributed by atoms with van der Waals surface area (Å²) in [5, 5.41) is 17.3. The van der Waals surface area contributed by atoms with Gasteiger partial charge in [0.25, 0.3) is 5.91 Å². The lowest BCUT2D eigenvalue weighted by molar-refractivity contribution is -0.228. The Labute approximate surface area is 403 Å². The monoisotopic (exact) mass is 947 g/mol. The fourth-order valence-electron chi connectivity index (χ4n) is 14.0. The number of hydrogen-bond acceptors (Lipinski definition) is 14. The van der Waals surface area contributed by atoms with Gasteiger partial charge in [-0.3, -0.25) is 19.3 Å². The molecular weight excluding hydrogens is 883 g/mol. The highest BCUT2D eigenvalue weighted by Gasteiger charge is 2.80. The van der Waals surface area contributed by atoms with Crippen molar-refractivity contribution in [2.75, 3.05) is 66.6 Å². The average molecular weight is 948 g/mol. The first kappa shape index (κ1) is 47.9. The topological polar surface area (TPSA) is 189 Å². The van der Waals surface area contributed by atoms with Crippen LogP contribution in [-0.4, -0.2) is 141 Å². The molecule has 9 rings (SSSR count). The molecule has 16 heteroatoms. The van der Waals surface area contributed by atoms with Crippen molar-refractivity contribution in [1.82, 2.24) is 20.1 Å². The van der Waals surface area contributed by atoms with Crippen molar-refractivity contribution in [3.8, 4) is 5.75 Å². The van der Waals surface area contributed by atoms with Crippen LogP contribution in [0.25, 0.3) is 10.9 Å². The first-order valence-corrected chi connectivity index (χ1v) is 24.1. The number of para-hydroxylation sites is 1. The summed E-state index contributed by atoms with van der Waals surface area (Å²) in [7, 11) is 7.27. The van der Waals surface area contributed by atoms with E-state index in [0.717, 1.165) is 16.5 Å².